The molecule has 2 heterocycles. The topological polar surface area (TPSA) is 69.7 Å². The number of benzene rings is 3. The molecule has 2 aliphatic rings. The zero-order chi connectivity index (χ0) is 24.0. The molecule has 1 saturated heterocycles. The van der Waals surface area contributed by atoms with Gasteiger partial charge in [-0.1, -0.05) is 41.9 Å². The lowest BCUT2D eigenvalue weighted by Crippen LogP contribution is -2.50. The summed E-state index contributed by atoms with van der Waals surface area (Å²) in [6.45, 7) is 3.82. The van der Waals surface area contributed by atoms with Gasteiger partial charge >= 0.3 is 0 Å². The second-order valence-electron chi connectivity index (χ2n) is 8.40. The number of para-hydroxylation sites is 1. The summed E-state index contributed by atoms with van der Waals surface area (Å²) in [7, 11) is 0. The summed E-state index contributed by atoms with van der Waals surface area (Å²) in [6.07, 6.45) is 0. The summed E-state index contributed by atoms with van der Waals surface area (Å²) in [6, 6.07) is 19.9. The Labute approximate surface area is 206 Å². The van der Waals surface area contributed by atoms with Crippen LogP contribution in [0.25, 0.3) is 0 Å². The third-order valence-corrected chi connectivity index (χ3v) is 7.84. The van der Waals surface area contributed by atoms with Crippen LogP contribution in [0.5, 0.6) is 0 Å². The van der Waals surface area contributed by atoms with Crippen LogP contribution >= 0.6 is 23.4 Å². The van der Waals surface area contributed by atoms with Gasteiger partial charge in [0, 0.05) is 22.0 Å². The number of nitrogens with zero attached hydrogens (tertiary/aromatic N) is 2. The number of nitrogens with one attached hydrogen (secondary N) is 1. The van der Waals surface area contributed by atoms with Crippen molar-refractivity contribution in [3.63, 3.8) is 0 Å². The normalized spacial score (nSPS) is 19.1. The van der Waals surface area contributed by atoms with E-state index in [-0.39, 0.29) is 30.0 Å². The van der Waals surface area contributed by atoms with Crippen molar-refractivity contribution in [3.05, 3.63) is 88.4 Å². The van der Waals surface area contributed by atoms with Gasteiger partial charge in [-0.15, -0.1) is 11.8 Å². The Morgan fingerprint density at radius 1 is 1.03 bits per heavy atom. The van der Waals surface area contributed by atoms with Gasteiger partial charge in [-0.3, -0.25) is 24.2 Å². The molecule has 1 atom stereocenters. The van der Waals surface area contributed by atoms with Gasteiger partial charge in [-0.25, -0.2) is 0 Å². The number of hydrogen-bond acceptors (Lipinski definition) is 4. The standard InChI is InChI=1S/C26H22ClN3O3S/c1-16-10-11-19(12-17(16)2)28-23(31)14-29-22-9-4-3-8-21(22)26(25(29)33)30(24(32)15-34-26)20-7-5-6-18(27)13-20/h3-13H,14-15H2,1-2H3,(H,28,31)/t26-/m1/s1. The van der Waals surface area contributed by atoms with E-state index in [1.54, 1.807) is 24.3 Å². The Hall–Kier alpha value is -3.29. The maximum atomic E-state index is 14.0. The molecule has 8 heteroatoms. The quantitative estimate of drug-likeness (QED) is 0.565. The number of carbonyl (C=O) groups is 3. The van der Waals surface area contributed by atoms with E-state index in [4.69, 9.17) is 11.6 Å². The van der Waals surface area contributed by atoms with E-state index in [2.05, 4.69) is 5.32 Å². The van der Waals surface area contributed by atoms with E-state index in [0.29, 0.717) is 27.6 Å². The van der Waals surface area contributed by atoms with Crippen LogP contribution < -0.4 is 15.1 Å². The van der Waals surface area contributed by atoms with Crippen LogP contribution in [0.15, 0.2) is 66.7 Å². The van der Waals surface area contributed by atoms with Gasteiger partial charge in [-0.05, 0) is 61.4 Å². The highest BCUT2D eigenvalue weighted by Gasteiger charge is 2.61. The summed E-state index contributed by atoms with van der Waals surface area (Å²) in [4.78, 5) is 41.7. The van der Waals surface area contributed by atoms with Crippen LogP contribution in [0.3, 0.4) is 0 Å². The molecule has 172 valence electrons. The maximum absolute atomic E-state index is 14.0. The molecule has 1 spiro atoms. The molecule has 1 fully saturated rings. The van der Waals surface area contributed by atoms with Gasteiger partial charge in [-0.2, -0.15) is 0 Å². The van der Waals surface area contributed by atoms with E-state index in [9.17, 15) is 14.4 Å². The van der Waals surface area contributed by atoms with E-state index >= 15 is 0 Å². The van der Waals surface area contributed by atoms with E-state index in [1.165, 1.54) is 21.6 Å². The third-order valence-electron chi connectivity index (χ3n) is 6.22. The minimum atomic E-state index is -1.28. The number of carbonyl (C=O) groups excluding carboxylic acids is 3. The smallest absolute Gasteiger partial charge is 0.269 e. The van der Waals surface area contributed by atoms with Gasteiger partial charge in [0.2, 0.25) is 16.7 Å². The first-order valence-electron chi connectivity index (χ1n) is 10.8. The molecule has 0 aromatic heterocycles. The van der Waals surface area contributed by atoms with Gasteiger partial charge in [0.25, 0.3) is 5.91 Å². The zero-order valence-corrected chi connectivity index (χ0v) is 20.2. The predicted octanol–water partition coefficient (Wildman–Crippen LogP) is 4.87. The van der Waals surface area contributed by atoms with Crippen LogP contribution in [0, 0.1) is 13.8 Å². The van der Waals surface area contributed by atoms with Crippen molar-refractivity contribution in [2.45, 2.75) is 18.7 Å². The predicted molar refractivity (Wildman–Crippen MR) is 136 cm³/mol. The monoisotopic (exact) mass is 491 g/mol. The van der Waals surface area contributed by atoms with Gasteiger partial charge < -0.3 is 5.32 Å². The minimum Gasteiger partial charge on any atom is -0.325 e. The van der Waals surface area contributed by atoms with Crippen molar-refractivity contribution >= 4 is 58.1 Å². The average Bonchev–Trinajstić information content (AvgIpc) is 3.27. The molecule has 5 rings (SSSR count). The molecule has 0 aliphatic carbocycles. The highest BCUT2D eigenvalue weighted by Crippen LogP contribution is 2.55. The van der Waals surface area contributed by atoms with Crippen LogP contribution in [-0.4, -0.2) is 30.0 Å². The van der Waals surface area contributed by atoms with Crippen LogP contribution in [0.1, 0.15) is 16.7 Å². The molecular formula is C26H22ClN3O3S. The molecule has 3 aromatic rings. The van der Waals surface area contributed by atoms with Crippen LogP contribution in [-0.2, 0) is 19.3 Å². The molecule has 3 aromatic carbocycles. The molecular weight excluding hydrogens is 470 g/mol. The number of aryl methyl sites for hydroxylation is 2. The molecule has 0 bridgehead atoms. The summed E-state index contributed by atoms with van der Waals surface area (Å²) in [5, 5.41) is 3.36. The van der Waals surface area contributed by atoms with Gasteiger partial charge in [0.15, 0.2) is 0 Å². The Balaban J connectivity index is 1.50. The highest BCUT2D eigenvalue weighted by molar-refractivity contribution is 8.02. The van der Waals surface area contributed by atoms with Crippen molar-refractivity contribution < 1.29 is 14.4 Å². The molecule has 6 nitrogen and oxygen atoms in total. The SMILES string of the molecule is Cc1ccc(NC(=O)CN2C(=O)[C@]3(SCC(=O)N3c3cccc(Cl)c3)c3ccccc32)cc1C. The maximum Gasteiger partial charge on any atom is 0.269 e. The lowest BCUT2D eigenvalue weighted by molar-refractivity contribution is -0.124. The summed E-state index contributed by atoms with van der Waals surface area (Å²) >= 11 is 7.47. The van der Waals surface area contributed by atoms with Gasteiger partial charge in [0.1, 0.15) is 6.54 Å². The molecule has 3 amide bonds. The number of hydrogen-bond donors (Lipinski definition) is 1. The molecule has 2 aliphatic heterocycles. The Morgan fingerprint density at radius 2 is 1.82 bits per heavy atom. The average molecular weight is 492 g/mol. The molecule has 0 radical (unpaired) electrons. The number of amides is 3. The van der Waals surface area contributed by atoms with Crippen molar-refractivity contribution in [1.29, 1.82) is 0 Å². The molecule has 0 unspecified atom stereocenters. The second kappa shape index (κ2) is 8.49. The lowest BCUT2D eigenvalue weighted by Gasteiger charge is -2.33. The number of anilines is 3. The van der Waals surface area contributed by atoms with E-state index in [1.807, 2.05) is 56.3 Å². The lowest BCUT2D eigenvalue weighted by atomic mass is 10.0. The Bertz CT molecular complexity index is 1340. The van der Waals surface area contributed by atoms with Crippen molar-refractivity contribution in [3.8, 4) is 0 Å². The minimum absolute atomic E-state index is 0.148. The van der Waals surface area contributed by atoms with Crippen molar-refractivity contribution in [2.75, 3.05) is 27.4 Å². The van der Waals surface area contributed by atoms with Crippen LogP contribution in [0.2, 0.25) is 5.02 Å². The molecule has 1 N–H and O–H groups in total. The summed E-state index contributed by atoms with van der Waals surface area (Å²) in [5.74, 6) is -0.668. The first-order valence-corrected chi connectivity index (χ1v) is 12.2. The Morgan fingerprint density at radius 3 is 2.59 bits per heavy atom. The Kier molecular flexibility index (Phi) is 5.62. The number of thioether (sulfide) groups is 1. The van der Waals surface area contributed by atoms with Crippen molar-refractivity contribution in [2.24, 2.45) is 0 Å². The fourth-order valence-electron chi connectivity index (χ4n) is 4.49. The van der Waals surface area contributed by atoms with E-state index < -0.39 is 4.87 Å². The third kappa shape index (κ3) is 3.56. The highest BCUT2D eigenvalue weighted by atomic mass is 35.5. The van der Waals surface area contributed by atoms with E-state index in [0.717, 1.165) is 11.1 Å². The summed E-state index contributed by atoms with van der Waals surface area (Å²) < 4.78 is 0. The number of fused-ring (bicyclic) bond motifs is 2. The zero-order valence-electron chi connectivity index (χ0n) is 18.7. The second-order valence-corrected chi connectivity index (χ2v) is 10.0. The fourth-order valence-corrected chi connectivity index (χ4v) is 6.03. The largest absolute Gasteiger partial charge is 0.325 e. The fraction of sp³-hybridized carbons (Fsp3) is 0.192. The first kappa shape index (κ1) is 22.5. The first-order chi connectivity index (χ1) is 16.3. The molecule has 34 heavy (non-hydrogen) atoms. The summed E-state index contributed by atoms with van der Waals surface area (Å²) in [5.41, 5.74) is 4.73. The molecule has 0 saturated carbocycles. The van der Waals surface area contributed by atoms with Gasteiger partial charge in [0.05, 0.1) is 11.4 Å². The van der Waals surface area contributed by atoms with Crippen LogP contribution in [0.4, 0.5) is 17.1 Å². The number of halogens is 1. The number of rotatable bonds is 4. The van der Waals surface area contributed by atoms with Crippen molar-refractivity contribution in [1.82, 2.24) is 0 Å².